The lowest BCUT2D eigenvalue weighted by Gasteiger charge is -2.44. The molecule has 0 unspecified atom stereocenters. The molecule has 1 aliphatic heterocycles. The van der Waals surface area contributed by atoms with E-state index in [-0.39, 0.29) is 25.1 Å². The minimum absolute atomic E-state index is 0.122. The first-order chi connectivity index (χ1) is 14.2. The molecule has 170 valence electrons. The molecule has 1 aromatic rings. The molecule has 0 radical (unpaired) electrons. The summed E-state index contributed by atoms with van der Waals surface area (Å²) in [6.07, 6.45) is -0.368. The SMILES string of the molecule is CCOC(=O)C[C@@H]1c2c(OCOC)cccc2O[C@H]1O[Si](C(C)C)(C(C)C)C(C)C. The highest BCUT2D eigenvalue weighted by atomic mass is 28.4. The van der Waals surface area contributed by atoms with Crippen LogP contribution in [0, 0.1) is 0 Å². The fourth-order valence-corrected chi connectivity index (χ4v) is 10.3. The molecular formula is C23H38O6Si. The highest BCUT2D eigenvalue weighted by molar-refractivity contribution is 6.77. The summed E-state index contributed by atoms with van der Waals surface area (Å²) in [5, 5.41) is 0. The molecule has 7 heteroatoms. The number of hydrogen-bond acceptors (Lipinski definition) is 6. The summed E-state index contributed by atoms with van der Waals surface area (Å²) >= 11 is 0. The number of carbonyl (C=O) groups excluding carboxylic acids is 1. The van der Waals surface area contributed by atoms with E-state index in [0.717, 1.165) is 5.56 Å². The Balaban J connectivity index is 2.46. The highest BCUT2D eigenvalue weighted by Gasteiger charge is 2.51. The molecule has 0 fully saturated rings. The zero-order chi connectivity index (χ0) is 22.5. The molecule has 0 N–H and O–H groups in total. The molecule has 30 heavy (non-hydrogen) atoms. The molecule has 2 atom stereocenters. The predicted octanol–water partition coefficient (Wildman–Crippen LogP) is 5.62. The van der Waals surface area contributed by atoms with E-state index < -0.39 is 14.6 Å². The van der Waals surface area contributed by atoms with E-state index in [2.05, 4.69) is 41.5 Å². The van der Waals surface area contributed by atoms with Gasteiger partial charge in [0.25, 0.3) is 0 Å². The Kier molecular flexibility index (Phi) is 8.76. The van der Waals surface area contributed by atoms with Gasteiger partial charge < -0.3 is 23.4 Å². The minimum Gasteiger partial charge on any atom is -0.467 e. The van der Waals surface area contributed by atoms with Crippen molar-refractivity contribution in [2.75, 3.05) is 20.5 Å². The summed E-state index contributed by atoms with van der Waals surface area (Å²) in [5.74, 6) is 0.790. The summed E-state index contributed by atoms with van der Waals surface area (Å²) in [7, 11) is -0.650. The Morgan fingerprint density at radius 3 is 2.27 bits per heavy atom. The molecule has 0 aliphatic carbocycles. The van der Waals surface area contributed by atoms with Gasteiger partial charge in [-0.1, -0.05) is 47.6 Å². The molecule has 1 aromatic carbocycles. The fraction of sp³-hybridized carbons (Fsp3) is 0.696. The summed E-state index contributed by atoms with van der Waals surface area (Å²) in [6.45, 7) is 15.7. The Morgan fingerprint density at radius 2 is 1.73 bits per heavy atom. The number of carbonyl (C=O) groups is 1. The average Bonchev–Trinajstić information content (AvgIpc) is 3.01. The van der Waals surface area contributed by atoms with Crippen molar-refractivity contribution in [2.45, 2.75) is 83.7 Å². The van der Waals surface area contributed by atoms with Crippen LogP contribution in [0.5, 0.6) is 11.5 Å². The van der Waals surface area contributed by atoms with Gasteiger partial charge in [-0.3, -0.25) is 4.79 Å². The topological polar surface area (TPSA) is 63.2 Å². The van der Waals surface area contributed by atoms with Crippen LogP contribution in [0.2, 0.25) is 16.6 Å². The molecule has 0 bridgehead atoms. The van der Waals surface area contributed by atoms with Crippen LogP contribution in [0.1, 0.15) is 66.4 Å². The van der Waals surface area contributed by atoms with Crippen LogP contribution >= 0.6 is 0 Å². The van der Waals surface area contributed by atoms with Gasteiger partial charge >= 0.3 is 5.97 Å². The lowest BCUT2D eigenvalue weighted by molar-refractivity contribution is -0.145. The number of benzene rings is 1. The van der Waals surface area contributed by atoms with Crippen molar-refractivity contribution >= 4 is 14.3 Å². The Labute approximate surface area is 182 Å². The maximum atomic E-state index is 12.5. The van der Waals surface area contributed by atoms with E-state index in [1.54, 1.807) is 7.11 Å². The van der Waals surface area contributed by atoms with Crippen LogP contribution in [0.25, 0.3) is 0 Å². The van der Waals surface area contributed by atoms with Crippen molar-refractivity contribution in [3.05, 3.63) is 23.8 Å². The van der Waals surface area contributed by atoms with Crippen LogP contribution in [-0.2, 0) is 18.7 Å². The Bertz CT molecular complexity index is 681. The standard InChI is InChI=1S/C23H38O6Si/c1-9-26-21(24)13-18-22-19(27-14-25-8)11-10-12-20(22)28-23(18)29-30(15(2)3,16(4)5)17(6)7/h10-12,15-18,23H,9,13-14H2,1-8H3/t18-,23+/m1/s1. The minimum atomic E-state index is -2.23. The van der Waals surface area contributed by atoms with Gasteiger partial charge in [-0.2, -0.15) is 0 Å². The van der Waals surface area contributed by atoms with E-state index >= 15 is 0 Å². The van der Waals surface area contributed by atoms with Gasteiger partial charge in [0, 0.05) is 12.7 Å². The van der Waals surface area contributed by atoms with Crippen molar-refractivity contribution < 1.29 is 28.2 Å². The van der Waals surface area contributed by atoms with Crippen molar-refractivity contribution in [3.8, 4) is 11.5 Å². The van der Waals surface area contributed by atoms with E-state index in [1.165, 1.54) is 0 Å². The molecule has 0 amide bonds. The van der Waals surface area contributed by atoms with Gasteiger partial charge in [-0.25, -0.2) is 0 Å². The number of hydrogen-bond donors (Lipinski definition) is 0. The van der Waals surface area contributed by atoms with Crippen LogP contribution in [-0.4, -0.2) is 41.1 Å². The summed E-state index contributed by atoms with van der Waals surface area (Å²) in [6, 6.07) is 5.66. The van der Waals surface area contributed by atoms with Crippen molar-refractivity contribution in [3.63, 3.8) is 0 Å². The van der Waals surface area contributed by atoms with Crippen molar-refractivity contribution in [1.82, 2.24) is 0 Å². The number of methoxy groups -OCH3 is 1. The Morgan fingerprint density at radius 1 is 1.10 bits per heavy atom. The second-order valence-corrected chi connectivity index (χ2v) is 14.2. The van der Waals surface area contributed by atoms with E-state index in [4.69, 9.17) is 23.4 Å². The summed E-state index contributed by atoms with van der Waals surface area (Å²) in [4.78, 5) is 12.5. The zero-order valence-electron chi connectivity index (χ0n) is 19.7. The normalized spacial score (nSPS) is 18.6. The third kappa shape index (κ3) is 5.01. The van der Waals surface area contributed by atoms with Gasteiger partial charge in [0.05, 0.1) is 18.9 Å². The van der Waals surface area contributed by atoms with Crippen LogP contribution < -0.4 is 9.47 Å². The summed E-state index contributed by atoms with van der Waals surface area (Å²) in [5.41, 5.74) is 2.05. The van der Waals surface area contributed by atoms with Gasteiger partial charge in [0.2, 0.25) is 8.32 Å². The molecule has 0 saturated carbocycles. The lowest BCUT2D eigenvalue weighted by atomic mass is 9.95. The maximum Gasteiger partial charge on any atom is 0.306 e. The second-order valence-electron chi connectivity index (χ2n) is 8.76. The molecule has 1 heterocycles. The van der Waals surface area contributed by atoms with Gasteiger partial charge in [-0.05, 0) is 35.7 Å². The van der Waals surface area contributed by atoms with Crippen LogP contribution in [0.15, 0.2) is 18.2 Å². The fourth-order valence-electron chi connectivity index (χ4n) is 4.90. The average molecular weight is 439 g/mol. The second kappa shape index (κ2) is 10.6. The lowest BCUT2D eigenvalue weighted by Crippen LogP contribution is -2.51. The van der Waals surface area contributed by atoms with Gasteiger partial charge in [0.15, 0.2) is 13.1 Å². The van der Waals surface area contributed by atoms with E-state index in [1.807, 2.05) is 25.1 Å². The number of fused-ring (bicyclic) bond motifs is 1. The quantitative estimate of drug-likeness (QED) is 0.254. The first-order valence-electron chi connectivity index (χ1n) is 10.9. The highest BCUT2D eigenvalue weighted by Crippen LogP contribution is 2.50. The first kappa shape index (κ1) is 24.7. The maximum absolute atomic E-state index is 12.5. The van der Waals surface area contributed by atoms with Crippen LogP contribution in [0.3, 0.4) is 0 Å². The summed E-state index contributed by atoms with van der Waals surface area (Å²) < 4.78 is 29.4. The van der Waals surface area contributed by atoms with E-state index in [9.17, 15) is 4.79 Å². The molecule has 6 nitrogen and oxygen atoms in total. The largest absolute Gasteiger partial charge is 0.467 e. The van der Waals surface area contributed by atoms with Crippen molar-refractivity contribution in [2.24, 2.45) is 0 Å². The zero-order valence-corrected chi connectivity index (χ0v) is 20.7. The monoisotopic (exact) mass is 438 g/mol. The van der Waals surface area contributed by atoms with Crippen LogP contribution in [0.4, 0.5) is 0 Å². The Hall–Kier alpha value is -1.57. The van der Waals surface area contributed by atoms with Crippen molar-refractivity contribution in [1.29, 1.82) is 0 Å². The predicted molar refractivity (Wildman–Crippen MR) is 119 cm³/mol. The van der Waals surface area contributed by atoms with Gasteiger partial charge in [0.1, 0.15) is 11.5 Å². The molecule has 2 rings (SSSR count). The third-order valence-electron chi connectivity index (χ3n) is 6.02. The number of ether oxygens (including phenoxy) is 4. The van der Waals surface area contributed by atoms with E-state index in [0.29, 0.717) is 34.7 Å². The molecule has 0 aromatic heterocycles. The molecule has 0 saturated heterocycles. The molecule has 0 spiro atoms. The number of rotatable bonds is 11. The number of esters is 1. The van der Waals surface area contributed by atoms with Gasteiger partial charge in [-0.15, -0.1) is 0 Å². The molecular weight excluding hydrogens is 400 g/mol. The first-order valence-corrected chi connectivity index (χ1v) is 13.1. The molecule has 1 aliphatic rings. The smallest absolute Gasteiger partial charge is 0.306 e. The third-order valence-corrected chi connectivity index (χ3v) is 12.1.